The maximum Gasteiger partial charge on any atom is 0.328 e. The number of aryl methyl sites for hydroxylation is 2. The predicted octanol–water partition coefficient (Wildman–Crippen LogP) is 7.10. The van der Waals surface area contributed by atoms with Crippen LogP contribution in [0.1, 0.15) is 86.2 Å². The highest BCUT2D eigenvalue weighted by atomic mass is 19.1. The van der Waals surface area contributed by atoms with E-state index < -0.39 is 23.2 Å². The molecule has 338 valence electrons. The molecule has 0 unspecified atom stereocenters. The zero-order valence-corrected chi connectivity index (χ0v) is 37.7. The fourth-order valence-corrected chi connectivity index (χ4v) is 9.18. The summed E-state index contributed by atoms with van der Waals surface area (Å²) in [6.45, 7) is 18.7. The van der Waals surface area contributed by atoms with Crippen LogP contribution in [0.25, 0.3) is 33.5 Å². The number of piperidine rings is 1. The molecule has 0 saturated carbocycles. The van der Waals surface area contributed by atoms with E-state index in [9.17, 15) is 14.4 Å². The van der Waals surface area contributed by atoms with Crippen molar-refractivity contribution in [3.63, 3.8) is 0 Å². The van der Waals surface area contributed by atoms with Crippen molar-refractivity contribution in [2.45, 2.75) is 72.3 Å². The van der Waals surface area contributed by atoms with Crippen molar-refractivity contribution < 1.29 is 23.3 Å². The first-order valence-corrected chi connectivity index (χ1v) is 22.4. The number of hydrogen-bond acceptors (Lipinski definition) is 12. The van der Waals surface area contributed by atoms with E-state index in [0.717, 1.165) is 92.5 Å². The lowest BCUT2D eigenvalue weighted by atomic mass is 9.95. The quantitative estimate of drug-likeness (QED) is 0.127. The number of carbonyl (C=O) groups excluding carboxylic acids is 3. The monoisotopic (exact) mass is 882 g/mol. The van der Waals surface area contributed by atoms with Crippen LogP contribution in [0.5, 0.6) is 0 Å². The number of piperazine rings is 1. The molecule has 17 heteroatoms. The average Bonchev–Trinajstić information content (AvgIpc) is 3.98. The van der Waals surface area contributed by atoms with E-state index in [0.29, 0.717) is 52.6 Å². The van der Waals surface area contributed by atoms with Gasteiger partial charge in [0.25, 0.3) is 11.7 Å². The third-order valence-corrected chi connectivity index (χ3v) is 12.9. The Kier molecular flexibility index (Phi) is 11.8. The average molecular weight is 883 g/mol. The first-order chi connectivity index (χ1) is 31.2. The van der Waals surface area contributed by atoms with Gasteiger partial charge in [-0.3, -0.25) is 24.7 Å². The molecule has 3 aliphatic heterocycles. The Balaban J connectivity index is 0.783. The number of aromatic amines is 1. The Morgan fingerprint density at radius 1 is 0.923 bits per heavy atom. The number of carbonyl (C=O) groups is 3. The molecule has 2 aromatic carbocycles. The fraction of sp³-hybridized carbons (Fsp3) is 0.417. The lowest BCUT2D eigenvalue weighted by Gasteiger charge is -2.40. The van der Waals surface area contributed by atoms with E-state index in [4.69, 9.17) is 9.51 Å². The number of rotatable bonds is 10. The SMILES string of the molecule is Cc1cc(-c2ncnc3[nH]c(-c4ccc(N5CCN(CC6CCN(c7ccc(N8CCC(=O)NC8=O)c(C)c7)CC6)CC5)nc4)cc23)c(F)cc1[C@@H](C)NC(=O)c1noc(C(C)(C)C)n1. The molecule has 1 atom stereocenters. The lowest BCUT2D eigenvalue weighted by Crippen LogP contribution is -2.49. The number of pyridine rings is 1. The number of anilines is 3. The summed E-state index contributed by atoms with van der Waals surface area (Å²) in [4.78, 5) is 67.4. The van der Waals surface area contributed by atoms with Crippen molar-refractivity contribution in [3.8, 4) is 22.5 Å². The van der Waals surface area contributed by atoms with Gasteiger partial charge in [-0.2, -0.15) is 4.98 Å². The summed E-state index contributed by atoms with van der Waals surface area (Å²) in [5.74, 6) is 0.656. The van der Waals surface area contributed by atoms with Gasteiger partial charge in [-0.05, 0) is 105 Å². The molecule has 65 heavy (non-hydrogen) atoms. The Morgan fingerprint density at radius 3 is 2.40 bits per heavy atom. The molecular formula is C48H55FN12O4. The largest absolute Gasteiger partial charge is 0.372 e. The molecule has 3 N–H and O–H groups in total. The van der Waals surface area contributed by atoms with Gasteiger partial charge in [0.15, 0.2) is 0 Å². The molecule has 0 radical (unpaired) electrons. The zero-order chi connectivity index (χ0) is 45.6. The number of nitrogens with zero attached hydrogens (tertiary/aromatic N) is 9. The molecule has 4 aromatic heterocycles. The third kappa shape index (κ3) is 9.14. The van der Waals surface area contributed by atoms with E-state index in [1.807, 2.05) is 52.9 Å². The van der Waals surface area contributed by atoms with Crippen LogP contribution in [0.3, 0.4) is 0 Å². The molecule has 7 heterocycles. The number of nitrogens with one attached hydrogen (secondary N) is 3. The highest BCUT2D eigenvalue weighted by Crippen LogP contribution is 2.35. The van der Waals surface area contributed by atoms with Gasteiger partial charge in [0.1, 0.15) is 23.6 Å². The first kappa shape index (κ1) is 43.5. The minimum atomic E-state index is -0.530. The highest BCUT2D eigenvalue weighted by Gasteiger charge is 2.29. The van der Waals surface area contributed by atoms with Gasteiger partial charge < -0.3 is 24.6 Å². The molecule has 0 aliphatic carbocycles. The molecule has 3 saturated heterocycles. The van der Waals surface area contributed by atoms with E-state index in [1.54, 1.807) is 17.9 Å². The van der Waals surface area contributed by atoms with Gasteiger partial charge in [-0.25, -0.2) is 24.1 Å². The summed E-state index contributed by atoms with van der Waals surface area (Å²) in [6, 6.07) is 14.6. The first-order valence-electron chi connectivity index (χ1n) is 22.4. The third-order valence-electron chi connectivity index (χ3n) is 12.9. The summed E-state index contributed by atoms with van der Waals surface area (Å²) in [7, 11) is 0. The van der Waals surface area contributed by atoms with Crippen LogP contribution in [0, 0.1) is 25.6 Å². The molecule has 9 rings (SSSR count). The second-order valence-corrected chi connectivity index (χ2v) is 18.6. The van der Waals surface area contributed by atoms with Crippen molar-refractivity contribution in [2.75, 3.05) is 67.1 Å². The van der Waals surface area contributed by atoms with Crippen molar-refractivity contribution in [2.24, 2.45) is 5.92 Å². The van der Waals surface area contributed by atoms with Crippen molar-refractivity contribution in [3.05, 3.63) is 95.3 Å². The molecule has 3 fully saturated rings. The van der Waals surface area contributed by atoms with E-state index in [-0.39, 0.29) is 17.8 Å². The minimum Gasteiger partial charge on any atom is -0.372 e. The summed E-state index contributed by atoms with van der Waals surface area (Å²) < 4.78 is 21.3. The number of benzene rings is 2. The Bertz CT molecular complexity index is 2750. The highest BCUT2D eigenvalue weighted by molar-refractivity contribution is 6.06. The molecule has 3 aliphatic rings. The molecule has 4 amide bonds. The van der Waals surface area contributed by atoms with Crippen molar-refractivity contribution in [1.82, 2.24) is 45.6 Å². The number of imide groups is 1. The maximum atomic E-state index is 16.0. The Hall–Kier alpha value is -6.75. The minimum absolute atomic E-state index is 0.0726. The van der Waals surface area contributed by atoms with Crippen LogP contribution in [0.15, 0.2) is 65.6 Å². The van der Waals surface area contributed by atoms with Gasteiger partial charge in [-0.15, -0.1) is 0 Å². The summed E-state index contributed by atoms with van der Waals surface area (Å²) in [5, 5.41) is 9.80. The van der Waals surface area contributed by atoms with E-state index in [2.05, 4.69) is 74.7 Å². The lowest BCUT2D eigenvalue weighted by molar-refractivity contribution is -0.120. The van der Waals surface area contributed by atoms with Crippen LogP contribution in [-0.2, 0) is 10.2 Å². The molecule has 0 spiro atoms. The van der Waals surface area contributed by atoms with Crippen molar-refractivity contribution in [1.29, 1.82) is 0 Å². The Labute approximate surface area is 377 Å². The van der Waals surface area contributed by atoms with Crippen LogP contribution in [-0.4, -0.2) is 105 Å². The van der Waals surface area contributed by atoms with Gasteiger partial charge in [0.2, 0.25) is 11.8 Å². The second-order valence-electron chi connectivity index (χ2n) is 18.6. The smallest absolute Gasteiger partial charge is 0.328 e. The number of amides is 4. The van der Waals surface area contributed by atoms with Crippen LogP contribution < -0.4 is 25.3 Å². The van der Waals surface area contributed by atoms with Crippen LogP contribution in [0.2, 0.25) is 0 Å². The molecular weight excluding hydrogens is 828 g/mol. The number of fused-ring (bicyclic) bond motifs is 1. The normalized spacial score (nSPS) is 17.2. The van der Waals surface area contributed by atoms with Gasteiger partial charge >= 0.3 is 6.03 Å². The van der Waals surface area contributed by atoms with Crippen LogP contribution in [0.4, 0.5) is 26.4 Å². The second kappa shape index (κ2) is 17.7. The maximum absolute atomic E-state index is 16.0. The summed E-state index contributed by atoms with van der Waals surface area (Å²) >= 11 is 0. The van der Waals surface area contributed by atoms with E-state index >= 15 is 4.39 Å². The summed E-state index contributed by atoms with van der Waals surface area (Å²) in [5.41, 5.74) is 7.11. The molecule has 0 bridgehead atoms. The number of hydrogen-bond donors (Lipinski definition) is 3. The number of urea groups is 1. The standard InChI is InChI=1S/C48H55FN12O4/c1-28-22-35(37(49)23-34(28)30(3)53-45(63)44-56-46(65-57-44)48(4,5)6)42-36-24-38(54-43(36)52-27-51-42)32-7-10-40(50-25-32)60-19-17-58(18-20-60)26-31-11-14-59(15-12-31)33-8-9-39(29(2)21-33)61-16-13-41(62)55-47(61)64/h7-10,21-25,27,30-31H,11-20,26H2,1-6H3,(H,53,63)(H,51,52,54)(H,55,62,64)/t30-/m1/s1. The van der Waals surface area contributed by atoms with Crippen molar-refractivity contribution >= 4 is 46.1 Å². The fourth-order valence-electron chi connectivity index (χ4n) is 9.18. The van der Waals surface area contributed by atoms with Gasteiger partial charge in [0.05, 0.1) is 11.7 Å². The number of aromatic nitrogens is 6. The summed E-state index contributed by atoms with van der Waals surface area (Å²) in [6.07, 6.45) is 5.86. The molecule has 6 aromatic rings. The van der Waals surface area contributed by atoms with E-state index in [1.165, 1.54) is 18.1 Å². The van der Waals surface area contributed by atoms with Gasteiger partial charge in [0, 0.05) is 104 Å². The van der Waals surface area contributed by atoms with Crippen LogP contribution >= 0.6 is 0 Å². The number of halogens is 1. The number of H-pyrrole nitrogens is 1. The predicted molar refractivity (Wildman–Crippen MR) is 246 cm³/mol. The topological polar surface area (TPSA) is 182 Å². The van der Waals surface area contributed by atoms with Gasteiger partial charge in [-0.1, -0.05) is 25.9 Å². The zero-order valence-electron chi connectivity index (χ0n) is 37.7. The molecule has 16 nitrogen and oxygen atoms in total. The Morgan fingerprint density at radius 2 is 1.71 bits per heavy atom.